The summed E-state index contributed by atoms with van der Waals surface area (Å²) in [7, 11) is -3.59. The van der Waals surface area contributed by atoms with Crippen molar-refractivity contribution in [3.63, 3.8) is 0 Å². The van der Waals surface area contributed by atoms with Gasteiger partial charge in [0.05, 0.1) is 24.7 Å². The van der Waals surface area contributed by atoms with E-state index in [4.69, 9.17) is 4.74 Å². The lowest BCUT2D eigenvalue weighted by Gasteiger charge is -2.33. The molecule has 3 rings (SSSR count). The molecule has 0 spiro atoms. The molecule has 28 heavy (non-hydrogen) atoms. The normalized spacial score (nSPS) is 21.7. The molecule has 0 unspecified atom stereocenters. The number of morpholine rings is 1. The number of amides is 1. The van der Waals surface area contributed by atoms with Crippen LogP contribution in [0.2, 0.25) is 0 Å². The summed E-state index contributed by atoms with van der Waals surface area (Å²) in [6, 6.07) is 7.16. The molecule has 2 N–H and O–H groups in total. The highest BCUT2D eigenvalue weighted by molar-refractivity contribution is 7.89. The van der Waals surface area contributed by atoms with Gasteiger partial charge in [0.1, 0.15) is 0 Å². The van der Waals surface area contributed by atoms with Crippen LogP contribution in [-0.2, 0) is 26.1 Å². The number of halogens is 1. The maximum absolute atomic E-state index is 13.0. The van der Waals surface area contributed by atoms with Crippen LogP contribution in [-0.4, -0.2) is 82.1 Å². The minimum Gasteiger partial charge on any atom is -0.379 e. The summed E-state index contributed by atoms with van der Waals surface area (Å²) >= 11 is 0. The summed E-state index contributed by atoms with van der Waals surface area (Å²) in [5, 5.41) is 6.17. The molecule has 1 amide bonds. The molecule has 8 nitrogen and oxygen atoms in total. The molecule has 1 atom stereocenters. The van der Waals surface area contributed by atoms with E-state index in [0.29, 0.717) is 44.5 Å². The van der Waals surface area contributed by atoms with Crippen LogP contribution in [0.1, 0.15) is 12.5 Å². The minimum absolute atomic E-state index is 0. The van der Waals surface area contributed by atoms with Gasteiger partial charge in [-0.05, 0) is 18.6 Å². The van der Waals surface area contributed by atoms with Gasteiger partial charge in [0.25, 0.3) is 0 Å². The van der Waals surface area contributed by atoms with E-state index < -0.39 is 10.0 Å². The molecular weight excluding hydrogens is 404 g/mol. The lowest BCUT2D eigenvalue weighted by atomic mass is 10.2. The highest BCUT2D eigenvalue weighted by Gasteiger charge is 2.28. The van der Waals surface area contributed by atoms with Gasteiger partial charge in [-0.1, -0.05) is 18.2 Å². The van der Waals surface area contributed by atoms with Crippen molar-refractivity contribution in [1.29, 1.82) is 0 Å². The van der Waals surface area contributed by atoms with Gasteiger partial charge >= 0.3 is 0 Å². The van der Waals surface area contributed by atoms with Crippen LogP contribution in [0.3, 0.4) is 0 Å². The molecule has 0 radical (unpaired) electrons. The monoisotopic (exact) mass is 432 g/mol. The second kappa shape index (κ2) is 10.5. The van der Waals surface area contributed by atoms with Crippen LogP contribution in [0.4, 0.5) is 0 Å². The Bertz CT molecular complexity index is 756. The number of hydrogen-bond acceptors (Lipinski definition) is 6. The van der Waals surface area contributed by atoms with Crippen LogP contribution in [0.25, 0.3) is 0 Å². The third-order valence-electron chi connectivity index (χ3n) is 5.02. The van der Waals surface area contributed by atoms with Crippen molar-refractivity contribution in [3.8, 4) is 0 Å². The standard InChI is InChI=1S/C18H28N4O4S.ClH/c1-15-12-19-6-7-21(15)14-18(23)20-13-16-4-2-3-5-17(16)27(24,25)22-8-10-26-11-9-22;/h2-5,15,19H,6-14H2,1H3,(H,20,23);1H/t15-;/m1./s1. The van der Waals surface area contributed by atoms with Gasteiger partial charge in [-0.15, -0.1) is 12.4 Å². The van der Waals surface area contributed by atoms with Crippen LogP contribution < -0.4 is 10.6 Å². The Kier molecular flexibility index (Phi) is 8.66. The van der Waals surface area contributed by atoms with E-state index in [-0.39, 0.29) is 29.8 Å². The second-order valence-electron chi connectivity index (χ2n) is 6.92. The van der Waals surface area contributed by atoms with Gasteiger partial charge in [0.2, 0.25) is 15.9 Å². The van der Waals surface area contributed by atoms with Crippen molar-refractivity contribution in [1.82, 2.24) is 19.8 Å². The molecule has 1 aromatic carbocycles. The van der Waals surface area contributed by atoms with Gasteiger partial charge in [-0.25, -0.2) is 8.42 Å². The fourth-order valence-corrected chi connectivity index (χ4v) is 5.01. The van der Waals surface area contributed by atoms with Gasteiger partial charge < -0.3 is 15.4 Å². The second-order valence-corrected chi connectivity index (χ2v) is 8.83. The van der Waals surface area contributed by atoms with Crippen LogP contribution in [0, 0.1) is 0 Å². The number of rotatable bonds is 6. The zero-order valence-corrected chi connectivity index (χ0v) is 17.7. The van der Waals surface area contributed by atoms with Gasteiger partial charge in [0.15, 0.2) is 0 Å². The summed E-state index contributed by atoms with van der Waals surface area (Å²) in [5.74, 6) is -0.0951. The predicted molar refractivity (Wildman–Crippen MR) is 109 cm³/mol. The number of sulfonamides is 1. The summed E-state index contributed by atoms with van der Waals surface area (Å²) < 4.78 is 32.6. The minimum atomic E-state index is -3.59. The zero-order valence-electron chi connectivity index (χ0n) is 16.1. The van der Waals surface area contributed by atoms with Gasteiger partial charge in [-0.2, -0.15) is 4.31 Å². The zero-order chi connectivity index (χ0) is 19.3. The van der Waals surface area contributed by atoms with E-state index in [1.54, 1.807) is 24.3 Å². The number of nitrogens with zero attached hydrogens (tertiary/aromatic N) is 2. The maximum Gasteiger partial charge on any atom is 0.243 e. The Balaban J connectivity index is 0.00000280. The summed E-state index contributed by atoms with van der Waals surface area (Å²) in [6.45, 7) is 6.68. The first kappa shape index (κ1) is 23.1. The summed E-state index contributed by atoms with van der Waals surface area (Å²) in [6.07, 6.45) is 0. The van der Waals surface area contributed by atoms with Crippen LogP contribution in [0.5, 0.6) is 0 Å². The molecule has 0 saturated carbocycles. The highest BCUT2D eigenvalue weighted by Crippen LogP contribution is 2.21. The van der Waals surface area contributed by atoms with E-state index in [2.05, 4.69) is 22.5 Å². The Hall–Kier alpha value is -1.23. The molecular formula is C18H29ClN4O4S. The molecule has 2 aliphatic heterocycles. The maximum atomic E-state index is 13.0. The van der Waals surface area contributed by atoms with Crippen molar-refractivity contribution in [2.24, 2.45) is 0 Å². The SMILES string of the molecule is C[C@@H]1CNCCN1CC(=O)NCc1ccccc1S(=O)(=O)N1CCOCC1.Cl. The molecule has 0 aromatic heterocycles. The molecule has 2 aliphatic rings. The predicted octanol–water partition coefficient (Wildman–Crippen LogP) is 0.0392. The molecule has 2 heterocycles. The highest BCUT2D eigenvalue weighted by atomic mass is 35.5. The van der Waals surface area contributed by atoms with Crippen molar-refractivity contribution < 1.29 is 17.9 Å². The first-order valence-electron chi connectivity index (χ1n) is 9.36. The van der Waals surface area contributed by atoms with Crippen LogP contribution in [0.15, 0.2) is 29.2 Å². The summed E-state index contributed by atoms with van der Waals surface area (Å²) in [5.41, 5.74) is 0.603. The first-order chi connectivity index (χ1) is 13.0. The Labute approximate surface area is 173 Å². The molecule has 1 aromatic rings. The van der Waals surface area contributed by atoms with E-state index in [1.807, 2.05) is 0 Å². The van der Waals surface area contributed by atoms with E-state index in [0.717, 1.165) is 19.6 Å². The summed E-state index contributed by atoms with van der Waals surface area (Å²) in [4.78, 5) is 14.7. The van der Waals surface area contributed by atoms with E-state index in [1.165, 1.54) is 4.31 Å². The molecule has 10 heteroatoms. The lowest BCUT2D eigenvalue weighted by molar-refractivity contribution is -0.123. The van der Waals surface area contributed by atoms with Crippen LogP contribution >= 0.6 is 12.4 Å². The Morgan fingerprint density at radius 1 is 1.25 bits per heavy atom. The average molecular weight is 433 g/mol. The van der Waals surface area contributed by atoms with Crippen molar-refractivity contribution in [3.05, 3.63) is 29.8 Å². The van der Waals surface area contributed by atoms with Crippen molar-refractivity contribution in [2.75, 3.05) is 52.5 Å². The third kappa shape index (κ3) is 5.65. The van der Waals surface area contributed by atoms with E-state index in [9.17, 15) is 13.2 Å². The Morgan fingerprint density at radius 2 is 1.96 bits per heavy atom. The number of carbonyl (C=O) groups is 1. The molecule has 2 fully saturated rings. The largest absolute Gasteiger partial charge is 0.379 e. The number of benzene rings is 1. The molecule has 0 bridgehead atoms. The number of carbonyl (C=O) groups excluding carboxylic acids is 1. The molecule has 2 saturated heterocycles. The van der Waals surface area contributed by atoms with Gasteiger partial charge in [-0.3, -0.25) is 9.69 Å². The molecule has 158 valence electrons. The van der Waals surface area contributed by atoms with Crippen molar-refractivity contribution >= 4 is 28.3 Å². The number of hydrogen-bond donors (Lipinski definition) is 2. The third-order valence-corrected chi connectivity index (χ3v) is 7.02. The lowest BCUT2D eigenvalue weighted by Crippen LogP contribution is -2.52. The van der Waals surface area contributed by atoms with E-state index >= 15 is 0 Å². The quantitative estimate of drug-likeness (QED) is 0.659. The van der Waals surface area contributed by atoms with Gasteiger partial charge in [0, 0.05) is 45.3 Å². The molecule has 0 aliphatic carbocycles. The smallest absolute Gasteiger partial charge is 0.243 e. The van der Waals surface area contributed by atoms with Crippen molar-refractivity contribution in [2.45, 2.75) is 24.4 Å². The topological polar surface area (TPSA) is 91.0 Å². The Morgan fingerprint density at radius 3 is 2.68 bits per heavy atom. The number of piperazine rings is 1. The first-order valence-corrected chi connectivity index (χ1v) is 10.8. The fourth-order valence-electron chi connectivity index (χ4n) is 3.38. The average Bonchev–Trinajstić information content (AvgIpc) is 2.69. The number of ether oxygens (including phenoxy) is 1. The number of nitrogens with one attached hydrogen (secondary N) is 2. The fraction of sp³-hybridized carbons (Fsp3) is 0.611.